The van der Waals surface area contributed by atoms with E-state index in [1.807, 2.05) is 6.07 Å². The predicted molar refractivity (Wildman–Crippen MR) is 75.0 cm³/mol. The van der Waals surface area contributed by atoms with Gasteiger partial charge in [-0.3, -0.25) is 14.7 Å². The Kier molecular flexibility index (Phi) is 3.84. The van der Waals surface area contributed by atoms with E-state index in [0.717, 1.165) is 5.69 Å². The van der Waals surface area contributed by atoms with Crippen molar-refractivity contribution < 1.29 is 9.59 Å². The molecule has 19 heavy (non-hydrogen) atoms. The fourth-order valence-corrected chi connectivity index (χ4v) is 2.57. The molecule has 1 aromatic rings. The normalized spacial score (nSPS) is 15.9. The zero-order chi connectivity index (χ0) is 14.0. The average Bonchev–Trinajstić information content (AvgIpc) is 2.88. The fraction of sp³-hybridized carbons (Fsp3) is 0.583. The van der Waals surface area contributed by atoms with Crippen LogP contribution in [0.15, 0.2) is 6.07 Å². The zero-order valence-corrected chi connectivity index (χ0v) is 12.1. The molecule has 104 valence electrons. The maximum absolute atomic E-state index is 11.8. The molecule has 2 rings (SSSR count). The Morgan fingerprint density at radius 1 is 1.58 bits per heavy atom. The van der Waals surface area contributed by atoms with Crippen molar-refractivity contribution in [3.8, 4) is 0 Å². The molecule has 1 aliphatic rings. The lowest BCUT2D eigenvalue weighted by Gasteiger charge is -2.14. The second-order valence-corrected chi connectivity index (χ2v) is 6.49. The third-order valence-electron chi connectivity index (χ3n) is 2.81. The standard InChI is InChI=1S/C12H18N4O2S/c1-12(2,3)8-4-9(15-14-8)13-10(17)5-16-7-19-6-11(16)18/h4H,5-7H2,1-3H3,(H2,13,14,15,17). The van der Waals surface area contributed by atoms with Crippen LogP contribution < -0.4 is 5.32 Å². The van der Waals surface area contributed by atoms with Gasteiger partial charge in [0.15, 0.2) is 5.82 Å². The summed E-state index contributed by atoms with van der Waals surface area (Å²) in [6.45, 7) is 6.27. The van der Waals surface area contributed by atoms with E-state index in [0.29, 0.717) is 17.4 Å². The minimum absolute atomic E-state index is 0.0116. The number of hydrogen-bond donors (Lipinski definition) is 2. The molecule has 2 heterocycles. The summed E-state index contributed by atoms with van der Waals surface area (Å²) in [5, 5.41) is 9.65. The van der Waals surface area contributed by atoms with E-state index in [9.17, 15) is 9.59 Å². The van der Waals surface area contributed by atoms with E-state index in [-0.39, 0.29) is 23.8 Å². The summed E-state index contributed by atoms with van der Waals surface area (Å²) in [5.74, 6) is 1.33. The van der Waals surface area contributed by atoms with Crippen LogP contribution in [0.4, 0.5) is 5.82 Å². The molecule has 0 atom stereocenters. The Bertz CT molecular complexity index is 492. The van der Waals surface area contributed by atoms with Gasteiger partial charge in [0.25, 0.3) is 0 Å². The van der Waals surface area contributed by atoms with Crippen LogP contribution in [0.25, 0.3) is 0 Å². The summed E-state index contributed by atoms with van der Waals surface area (Å²) < 4.78 is 0. The van der Waals surface area contributed by atoms with E-state index in [4.69, 9.17) is 0 Å². The first-order chi connectivity index (χ1) is 8.86. The number of thioether (sulfide) groups is 1. The number of nitrogens with zero attached hydrogens (tertiary/aromatic N) is 2. The number of carbonyl (C=O) groups is 2. The van der Waals surface area contributed by atoms with Crippen molar-refractivity contribution in [3.63, 3.8) is 0 Å². The smallest absolute Gasteiger partial charge is 0.245 e. The maximum atomic E-state index is 11.8. The molecule has 1 aromatic heterocycles. The first kappa shape index (κ1) is 13.9. The molecule has 2 amide bonds. The first-order valence-electron chi connectivity index (χ1n) is 6.07. The van der Waals surface area contributed by atoms with Crippen molar-refractivity contribution in [2.75, 3.05) is 23.5 Å². The molecule has 1 aliphatic heterocycles. The number of anilines is 1. The van der Waals surface area contributed by atoms with Gasteiger partial charge in [0.2, 0.25) is 11.8 Å². The zero-order valence-electron chi connectivity index (χ0n) is 11.3. The van der Waals surface area contributed by atoms with Crippen LogP contribution in [0.2, 0.25) is 0 Å². The SMILES string of the molecule is CC(C)(C)c1cc(NC(=O)CN2CSCC2=O)n[nH]1. The highest BCUT2D eigenvalue weighted by atomic mass is 32.2. The highest BCUT2D eigenvalue weighted by molar-refractivity contribution is 8.00. The molecule has 0 unspecified atom stereocenters. The van der Waals surface area contributed by atoms with Gasteiger partial charge in [-0.05, 0) is 0 Å². The van der Waals surface area contributed by atoms with Crippen LogP contribution in [0.3, 0.4) is 0 Å². The number of amides is 2. The quantitative estimate of drug-likeness (QED) is 0.872. The van der Waals surface area contributed by atoms with Gasteiger partial charge in [-0.1, -0.05) is 20.8 Å². The third kappa shape index (κ3) is 3.50. The lowest BCUT2D eigenvalue weighted by Crippen LogP contribution is -2.34. The summed E-state index contributed by atoms with van der Waals surface area (Å²) >= 11 is 1.52. The van der Waals surface area contributed by atoms with Crippen molar-refractivity contribution in [1.82, 2.24) is 15.1 Å². The molecule has 0 aliphatic carbocycles. The number of rotatable bonds is 3. The lowest BCUT2D eigenvalue weighted by molar-refractivity contribution is -0.130. The topological polar surface area (TPSA) is 78.1 Å². The van der Waals surface area contributed by atoms with Gasteiger partial charge in [-0.15, -0.1) is 11.8 Å². The number of nitrogens with one attached hydrogen (secondary N) is 2. The Morgan fingerprint density at radius 2 is 2.32 bits per heavy atom. The number of H-pyrrole nitrogens is 1. The predicted octanol–water partition coefficient (Wildman–Crippen LogP) is 1.18. The average molecular weight is 282 g/mol. The van der Waals surface area contributed by atoms with Crippen LogP contribution in [-0.4, -0.2) is 45.1 Å². The van der Waals surface area contributed by atoms with Crippen molar-refractivity contribution in [1.29, 1.82) is 0 Å². The summed E-state index contributed by atoms with van der Waals surface area (Å²) in [6, 6.07) is 1.82. The molecule has 7 heteroatoms. The molecular formula is C12H18N4O2S. The Hall–Kier alpha value is -1.50. The molecule has 1 fully saturated rings. The molecule has 2 N–H and O–H groups in total. The number of hydrogen-bond acceptors (Lipinski definition) is 4. The third-order valence-corrected chi connectivity index (χ3v) is 3.76. The fourth-order valence-electron chi connectivity index (χ4n) is 1.67. The van der Waals surface area contributed by atoms with Crippen molar-refractivity contribution in [2.45, 2.75) is 26.2 Å². The summed E-state index contributed by atoms with van der Waals surface area (Å²) in [7, 11) is 0. The molecule has 6 nitrogen and oxygen atoms in total. The van der Waals surface area contributed by atoms with Gasteiger partial charge in [0, 0.05) is 17.2 Å². The van der Waals surface area contributed by atoms with Crippen LogP contribution in [0.5, 0.6) is 0 Å². The number of aromatic nitrogens is 2. The van der Waals surface area contributed by atoms with Crippen LogP contribution in [0, 0.1) is 0 Å². The van der Waals surface area contributed by atoms with Gasteiger partial charge < -0.3 is 10.2 Å². The lowest BCUT2D eigenvalue weighted by atomic mass is 9.92. The van der Waals surface area contributed by atoms with E-state index < -0.39 is 0 Å². The second-order valence-electron chi connectivity index (χ2n) is 5.53. The number of carbonyl (C=O) groups excluding carboxylic acids is 2. The summed E-state index contributed by atoms with van der Waals surface area (Å²) in [5.41, 5.74) is 0.910. The van der Waals surface area contributed by atoms with Gasteiger partial charge in [-0.2, -0.15) is 5.10 Å². The maximum Gasteiger partial charge on any atom is 0.245 e. The van der Waals surface area contributed by atoms with Gasteiger partial charge >= 0.3 is 0 Å². The molecule has 0 radical (unpaired) electrons. The first-order valence-corrected chi connectivity index (χ1v) is 7.23. The minimum atomic E-state index is -0.220. The van der Waals surface area contributed by atoms with Gasteiger partial charge in [-0.25, -0.2) is 0 Å². The van der Waals surface area contributed by atoms with Crippen LogP contribution in [-0.2, 0) is 15.0 Å². The van der Waals surface area contributed by atoms with Crippen LogP contribution >= 0.6 is 11.8 Å². The van der Waals surface area contributed by atoms with Crippen LogP contribution in [0.1, 0.15) is 26.5 Å². The van der Waals surface area contributed by atoms with E-state index in [1.54, 1.807) is 0 Å². The largest absolute Gasteiger partial charge is 0.323 e. The molecule has 0 saturated carbocycles. The van der Waals surface area contributed by atoms with Gasteiger partial charge in [0.1, 0.15) is 6.54 Å². The van der Waals surface area contributed by atoms with E-state index in [2.05, 4.69) is 36.3 Å². The molecule has 0 aromatic carbocycles. The van der Waals surface area contributed by atoms with E-state index in [1.165, 1.54) is 16.7 Å². The highest BCUT2D eigenvalue weighted by Crippen LogP contribution is 2.22. The summed E-state index contributed by atoms with van der Waals surface area (Å²) in [4.78, 5) is 24.7. The molecule has 1 saturated heterocycles. The highest BCUT2D eigenvalue weighted by Gasteiger charge is 2.23. The summed E-state index contributed by atoms with van der Waals surface area (Å²) in [6.07, 6.45) is 0. The Balaban J connectivity index is 1.92. The molecular weight excluding hydrogens is 264 g/mol. The second kappa shape index (κ2) is 5.24. The van der Waals surface area contributed by atoms with Gasteiger partial charge in [0.05, 0.1) is 11.6 Å². The molecule has 0 spiro atoms. The number of aromatic amines is 1. The van der Waals surface area contributed by atoms with Crippen molar-refractivity contribution >= 4 is 29.4 Å². The minimum Gasteiger partial charge on any atom is -0.323 e. The van der Waals surface area contributed by atoms with Crippen molar-refractivity contribution in [3.05, 3.63) is 11.8 Å². The van der Waals surface area contributed by atoms with Crippen molar-refractivity contribution in [2.24, 2.45) is 0 Å². The Labute approximate surface area is 116 Å². The monoisotopic (exact) mass is 282 g/mol. The Morgan fingerprint density at radius 3 is 2.84 bits per heavy atom. The van der Waals surface area contributed by atoms with E-state index >= 15 is 0 Å². The molecule has 0 bridgehead atoms.